The molecule has 0 aliphatic carbocycles. The summed E-state index contributed by atoms with van der Waals surface area (Å²) >= 11 is 4.18. The van der Waals surface area contributed by atoms with Crippen LogP contribution in [-0.4, -0.2) is 8.42 Å². The van der Waals surface area contributed by atoms with Gasteiger partial charge >= 0.3 is 0 Å². The maximum absolute atomic E-state index is 10.5. The minimum Gasteiger partial charge on any atom is -0.227 e. The highest BCUT2D eigenvalue weighted by Crippen LogP contribution is 2.14. The van der Waals surface area contributed by atoms with Crippen molar-refractivity contribution in [2.45, 2.75) is 4.90 Å². The Balaban J connectivity index is 3.29. The molecule has 0 saturated carbocycles. The lowest BCUT2D eigenvalue weighted by Gasteiger charge is -1.94. The van der Waals surface area contributed by atoms with Crippen molar-refractivity contribution in [3.05, 3.63) is 25.3 Å². The molecule has 0 amide bonds. The maximum atomic E-state index is 10.5. The maximum Gasteiger partial charge on any atom is 0.168 e. The van der Waals surface area contributed by atoms with Crippen LogP contribution < -0.4 is 0 Å². The summed E-state index contributed by atoms with van der Waals surface area (Å²) in [5, 5.41) is 0. The van der Waals surface area contributed by atoms with Crippen LogP contribution in [0.15, 0.2) is 23.1 Å². The Hall–Kier alpha value is 0.630. The van der Waals surface area contributed by atoms with Gasteiger partial charge < -0.3 is 0 Å². The molecule has 0 aromatic heterocycles. The molecule has 0 heterocycles. The number of halogens is 2. The van der Waals surface area contributed by atoms with Gasteiger partial charge in [0.2, 0.25) is 0 Å². The molecule has 0 atom stereocenters. The number of hydrogen-bond acceptors (Lipinski definition) is 2. The highest BCUT2D eigenvalue weighted by atomic mass is 127. The average Bonchev–Trinajstić information content (AvgIpc) is 1.85. The third-order valence-corrected chi connectivity index (χ3v) is 2.98. The van der Waals surface area contributed by atoms with Gasteiger partial charge in [-0.2, -0.15) is 0 Å². The highest BCUT2D eigenvalue weighted by molar-refractivity contribution is 14.1. The Labute approximate surface area is 93.6 Å². The summed E-state index contributed by atoms with van der Waals surface area (Å²) in [5.41, 5.74) is 0. The van der Waals surface area contributed by atoms with Gasteiger partial charge in [-0.1, -0.05) is 0 Å². The number of rotatable bonds is 1. The van der Waals surface area contributed by atoms with E-state index in [2.05, 4.69) is 45.2 Å². The lowest BCUT2D eigenvalue weighted by atomic mass is 10.4. The van der Waals surface area contributed by atoms with Crippen molar-refractivity contribution in [1.82, 2.24) is 0 Å². The zero-order valence-corrected chi connectivity index (χ0v) is 10.5. The largest absolute Gasteiger partial charge is 0.227 e. The lowest BCUT2D eigenvalue weighted by molar-refractivity contribution is 0.614. The molecule has 1 aromatic rings. The molecule has 0 N–H and O–H groups in total. The van der Waals surface area contributed by atoms with Crippen LogP contribution in [0.25, 0.3) is 0 Å². The van der Waals surface area contributed by atoms with Gasteiger partial charge in [-0.25, -0.2) is 8.42 Å². The Morgan fingerprint density at radius 1 is 1.00 bits per heavy atom. The minimum atomic E-state index is -2.44. The average molecular weight is 394 g/mol. The van der Waals surface area contributed by atoms with Crippen molar-refractivity contribution in [1.29, 1.82) is 0 Å². The van der Waals surface area contributed by atoms with Crippen LogP contribution in [0.5, 0.6) is 0 Å². The molecule has 11 heavy (non-hydrogen) atoms. The summed E-state index contributed by atoms with van der Waals surface area (Å²) in [5.74, 6) is 0. The van der Waals surface area contributed by atoms with Gasteiger partial charge in [0.1, 0.15) is 0 Å². The molecule has 5 heteroatoms. The third-order valence-electron chi connectivity index (χ3n) is 1.06. The van der Waals surface area contributed by atoms with E-state index in [9.17, 15) is 8.42 Å². The standard InChI is InChI=1S/C6H4I2O2S/c7-4-1-5(8)3-6(2-4)11(9)10/h1-3,11H. The van der Waals surface area contributed by atoms with Crippen LogP contribution in [-0.2, 0) is 10.7 Å². The molecule has 0 saturated heterocycles. The minimum absolute atomic E-state index is 0.385. The second kappa shape index (κ2) is 4.04. The van der Waals surface area contributed by atoms with Crippen LogP contribution in [0.3, 0.4) is 0 Å². The second-order valence-electron chi connectivity index (χ2n) is 1.88. The zero-order chi connectivity index (χ0) is 8.43. The fraction of sp³-hybridized carbons (Fsp3) is 0. The van der Waals surface area contributed by atoms with Crippen LogP contribution >= 0.6 is 45.2 Å². The summed E-state index contributed by atoms with van der Waals surface area (Å²) in [7, 11) is -2.44. The van der Waals surface area contributed by atoms with Gasteiger partial charge in [-0.05, 0) is 63.4 Å². The molecule has 1 rings (SSSR count). The SMILES string of the molecule is O=[SH](=O)c1cc(I)cc(I)c1. The normalized spacial score (nSPS) is 10.5. The molecule has 0 spiro atoms. The Morgan fingerprint density at radius 3 is 1.82 bits per heavy atom. The second-order valence-corrected chi connectivity index (χ2v) is 5.41. The smallest absolute Gasteiger partial charge is 0.168 e. The van der Waals surface area contributed by atoms with Crippen molar-refractivity contribution < 1.29 is 8.42 Å². The van der Waals surface area contributed by atoms with E-state index in [1.807, 2.05) is 6.07 Å². The molecule has 2 nitrogen and oxygen atoms in total. The summed E-state index contributed by atoms with van der Waals surface area (Å²) < 4.78 is 23.0. The molecule has 1 aromatic carbocycles. The molecular weight excluding hydrogens is 390 g/mol. The van der Waals surface area contributed by atoms with E-state index in [4.69, 9.17) is 0 Å². The van der Waals surface area contributed by atoms with Gasteiger partial charge in [0.05, 0.1) is 4.90 Å². The first-order valence-electron chi connectivity index (χ1n) is 2.70. The Bertz CT molecular complexity index is 318. The molecule has 0 bridgehead atoms. The summed E-state index contributed by atoms with van der Waals surface area (Å²) in [4.78, 5) is 0.385. The van der Waals surface area contributed by atoms with Crippen molar-refractivity contribution in [2.75, 3.05) is 0 Å². The van der Waals surface area contributed by atoms with E-state index in [0.717, 1.165) is 7.14 Å². The topological polar surface area (TPSA) is 34.1 Å². The molecule has 0 fully saturated rings. The monoisotopic (exact) mass is 394 g/mol. The Morgan fingerprint density at radius 2 is 1.45 bits per heavy atom. The predicted molar refractivity (Wildman–Crippen MR) is 60.5 cm³/mol. The third kappa shape index (κ3) is 2.86. The fourth-order valence-corrected chi connectivity index (χ4v) is 3.56. The fourth-order valence-electron chi connectivity index (χ4n) is 0.645. The number of hydrogen-bond donors (Lipinski definition) is 1. The van der Waals surface area contributed by atoms with Gasteiger partial charge in [0, 0.05) is 7.14 Å². The van der Waals surface area contributed by atoms with Gasteiger partial charge in [-0.3, -0.25) is 0 Å². The van der Waals surface area contributed by atoms with E-state index < -0.39 is 10.7 Å². The lowest BCUT2D eigenvalue weighted by Crippen LogP contribution is -1.83. The number of benzene rings is 1. The number of thiol groups is 1. The van der Waals surface area contributed by atoms with Crippen LogP contribution in [0.4, 0.5) is 0 Å². The predicted octanol–water partition coefficient (Wildman–Crippen LogP) is 1.87. The van der Waals surface area contributed by atoms with Crippen molar-refractivity contribution >= 4 is 55.9 Å². The summed E-state index contributed by atoms with van der Waals surface area (Å²) in [6.07, 6.45) is 0. The quantitative estimate of drug-likeness (QED) is 0.583. The highest BCUT2D eigenvalue weighted by Gasteiger charge is 1.97. The molecular formula is C6H4I2O2S. The van der Waals surface area contributed by atoms with Crippen LogP contribution in [0.1, 0.15) is 0 Å². The van der Waals surface area contributed by atoms with E-state index >= 15 is 0 Å². The Kier molecular flexibility index (Phi) is 3.56. The first kappa shape index (κ1) is 9.72. The first-order chi connectivity index (χ1) is 5.09. The van der Waals surface area contributed by atoms with E-state index in [1.54, 1.807) is 12.1 Å². The van der Waals surface area contributed by atoms with E-state index in [1.165, 1.54) is 0 Å². The summed E-state index contributed by atoms with van der Waals surface area (Å²) in [6, 6.07) is 5.21. The molecule has 0 unspecified atom stereocenters. The molecule has 0 aliphatic rings. The van der Waals surface area contributed by atoms with Crippen LogP contribution in [0.2, 0.25) is 0 Å². The zero-order valence-electron chi connectivity index (χ0n) is 5.25. The van der Waals surface area contributed by atoms with Crippen molar-refractivity contribution in [3.63, 3.8) is 0 Å². The molecule has 0 radical (unpaired) electrons. The van der Waals surface area contributed by atoms with Gasteiger partial charge in [0.15, 0.2) is 10.7 Å². The molecule has 60 valence electrons. The summed E-state index contributed by atoms with van der Waals surface area (Å²) in [6.45, 7) is 0. The van der Waals surface area contributed by atoms with E-state index in [0.29, 0.717) is 4.90 Å². The first-order valence-corrected chi connectivity index (χ1v) is 6.03. The van der Waals surface area contributed by atoms with Crippen molar-refractivity contribution in [3.8, 4) is 0 Å². The van der Waals surface area contributed by atoms with Gasteiger partial charge in [0.25, 0.3) is 0 Å². The molecule has 0 aliphatic heterocycles. The van der Waals surface area contributed by atoms with Gasteiger partial charge in [-0.15, -0.1) is 0 Å². The van der Waals surface area contributed by atoms with E-state index in [-0.39, 0.29) is 0 Å². The van der Waals surface area contributed by atoms with Crippen LogP contribution in [0, 0.1) is 7.14 Å². The van der Waals surface area contributed by atoms with Crippen molar-refractivity contribution in [2.24, 2.45) is 0 Å².